The highest BCUT2D eigenvalue weighted by molar-refractivity contribution is 6.06. The standard InChI is InChI=1S/C28H25N3O5/c1-34-23-12-11-18(16-24(23)35-2)15-19-7-5-9-21-26(20-8-3-4-10-22(20)30-27(19)21)28(32)36-17-25-29-13-6-14-31(25)33/h3-4,6,8,10-16H,5,7,9,17H2,1-2H3/b19-15+. The molecule has 0 unspecified atom stereocenters. The number of hydrogen-bond acceptors (Lipinski definition) is 7. The number of nitrogens with zero attached hydrogens (tertiary/aromatic N) is 3. The predicted molar refractivity (Wildman–Crippen MR) is 134 cm³/mol. The van der Waals surface area contributed by atoms with E-state index in [9.17, 15) is 10.0 Å². The Kier molecular flexibility index (Phi) is 6.49. The number of methoxy groups -OCH3 is 2. The van der Waals surface area contributed by atoms with Crippen LogP contribution in [0.5, 0.6) is 11.5 Å². The number of allylic oxidation sites excluding steroid dienone is 1. The summed E-state index contributed by atoms with van der Waals surface area (Å²) in [7, 11) is 3.21. The first-order chi connectivity index (χ1) is 17.6. The Morgan fingerprint density at radius 2 is 1.92 bits per heavy atom. The largest absolute Gasteiger partial charge is 0.711 e. The molecule has 0 saturated carbocycles. The van der Waals surface area contributed by atoms with E-state index in [4.69, 9.17) is 19.2 Å². The van der Waals surface area contributed by atoms with Crippen LogP contribution >= 0.6 is 0 Å². The molecule has 0 spiro atoms. The van der Waals surface area contributed by atoms with Crippen molar-refractivity contribution in [2.45, 2.75) is 25.9 Å². The number of aromatic nitrogens is 3. The number of hydrogen-bond donors (Lipinski definition) is 0. The van der Waals surface area contributed by atoms with E-state index in [0.717, 1.165) is 40.6 Å². The molecule has 0 amide bonds. The summed E-state index contributed by atoms with van der Waals surface area (Å²) in [6.45, 7) is -0.219. The normalized spacial score (nSPS) is 13.9. The molecule has 0 atom stereocenters. The highest BCUT2D eigenvalue weighted by atomic mass is 16.5. The molecule has 0 aliphatic heterocycles. The van der Waals surface area contributed by atoms with E-state index in [-0.39, 0.29) is 12.4 Å². The molecule has 0 bridgehead atoms. The van der Waals surface area contributed by atoms with Gasteiger partial charge in [0.25, 0.3) is 0 Å². The Labute approximate surface area is 208 Å². The number of ether oxygens (including phenoxy) is 3. The van der Waals surface area contributed by atoms with Gasteiger partial charge in [0.05, 0.1) is 37.2 Å². The lowest BCUT2D eigenvalue weighted by molar-refractivity contribution is -0.620. The van der Waals surface area contributed by atoms with E-state index < -0.39 is 5.97 Å². The zero-order chi connectivity index (χ0) is 25.1. The second kappa shape index (κ2) is 10.0. The molecule has 36 heavy (non-hydrogen) atoms. The van der Waals surface area contributed by atoms with Crippen LogP contribution in [-0.4, -0.2) is 30.2 Å². The first-order valence-corrected chi connectivity index (χ1v) is 11.6. The van der Waals surface area contributed by atoms with E-state index >= 15 is 0 Å². The van der Waals surface area contributed by atoms with Gasteiger partial charge in [-0.3, -0.25) is 0 Å². The van der Waals surface area contributed by atoms with E-state index in [0.29, 0.717) is 33.7 Å². The average Bonchev–Trinajstić information content (AvgIpc) is 2.91. The van der Waals surface area contributed by atoms with Crippen LogP contribution in [-0.2, 0) is 17.8 Å². The van der Waals surface area contributed by atoms with Crippen LogP contribution in [0.15, 0.2) is 60.9 Å². The van der Waals surface area contributed by atoms with E-state index in [1.54, 1.807) is 14.2 Å². The Hall–Kier alpha value is -4.46. The number of carbonyl (C=O) groups is 1. The topological polar surface area (TPSA) is 97.5 Å². The van der Waals surface area contributed by atoms with Crippen LogP contribution in [0.4, 0.5) is 0 Å². The zero-order valence-electron chi connectivity index (χ0n) is 20.1. The van der Waals surface area contributed by atoms with Crippen molar-refractivity contribution in [3.8, 4) is 11.5 Å². The van der Waals surface area contributed by atoms with Gasteiger partial charge >= 0.3 is 11.8 Å². The molecular weight excluding hydrogens is 458 g/mol. The Morgan fingerprint density at radius 1 is 1.08 bits per heavy atom. The fourth-order valence-corrected chi connectivity index (χ4v) is 4.54. The van der Waals surface area contributed by atoms with Gasteiger partial charge in [-0.15, -0.1) is 0 Å². The summed E-state index contributed by atoms with van der Waals surface area (Å²) in [5.74, 6) is 0.920. The fraction of sp³-hybridized carbons (Fsp3) is 0.214. The summed E-state index contributed by atoms with van der Waals surface area (Å²) in [5, 5.41) is 12.7. The molecule has 4 aromatic rings. The first-order valence-electron chi connectivity index (χ1n) is 11.6. The van der Waals surface area contributed by atoms with Gasteiger partial charge in [0.15, 0.2) is 18.1 Å². The molecule has 2 aromatic carbocycles. The third-order valence-corrected chi connectivity index (χ3v) is 6.24. The molecule has 5 rings (SSSR count). The van der Waals surface area contributed by atoms with E-state index in [1.807, 2.05) is 42.5 Å². The minimum atomic E-state index is -0.497. The molecule has 1 aliphatic carbocycles. The van der Waals surface area contributed by atoms with E-state index in [2.05, 4.69) is 11.1 Å². The monoisotopic (exact) mass is 483 g/mol. The van der Waals surface area contributed by atoms with Gasteiger partial charge in [-0.1, -0.05) is 24.3 Å². The molecule has 8 nitrogen and oxygen atoms in total. The molecule has 182 valence electrons. The third kappa shape index (κ3) is 4.45. The van der Waals surface area contributed by atoms with Crippen LogP contribution in [0.1, 0.15) is 45.8 Å². The number of benzene rings is 2. The van der Waals surface area contributed by atoms with Crippen molar-refractivity contribution in [1.82, 2.24) is 9.97 Å². The van der Waals surface area contributed by atoms with Crippen molar-refractivity contribution >= 4 is 28.5 Å². The third-order valence-electron chi connectivity index (χ3n) is 6.24. The van der Waals surface area contributed by atoms with Crippen molar-refractivity contribution in [1.29, 1.82) is 0 Å². The summed E-state index contributed by atoms with van der Waals surface area (Å²) in [6.07, 6.45) is 7.28. The SMILES string of the molecule is COc1ccc(/C=C2\CCCc3c2nc2ccccc2c3C(=O)OCc2nccc[n+]2[O-])cc1OC. The van der Waals surface area contributed by atoms with E-state index in [1.165, 1.54) is 18.5 Å². The average molecular weight is 484 g/mol. The molecule has 8 heteroatoms. The number of fused-ring (bicyclic) bond motifs is 2. The quantitative estimate of drug-likeness (QED) is 0.226. The van der Waals surface area contributed by atoms with Crippen molar-refractivity contribution in [2.24, 2.45) is 0 Å². The maximum absolute atomic E-state index is 13.4. The van der Waals surface area contributed by atoms with Gasteiger partial charge in [0, 0.05) is 11.5 Å². The summed E-state index contributed by atoms with van der Waals surface area (Å²) in [6, 6.07) is 14.8. The molecule has 0 saturated heterocycles. The molecule has 2 aromatic heterocycles. The molecule has 0 fully saturated rings. The van der Waals surface area contributed by atoms with Crippen molar-refractivity contribution in [3.05, 3.63) is 94.3 Å². The Morgan fingerprint density at radius 3 is 2.72 bits per heavy atom. The van der Waals surface area contributed by atoms with Crippen molar-refractivity contribution in [3.63, 3.8) is 0 Å². The smallest absolute Gasteiger partial charge is 0.339 e. The lowest BCUT2D eigenvalue weighted by Crippen LogP contribution is -2.33. The maximum Gasteiger partial charge on any atom is 0.339 e. The molecular formula is C28H25N3O5. The summed E-state index contributed by atoms with van der Waals surface area (Å²) >= 11 is 0. The lowest BCUT2D eigenvalue weighted by atomic mass is 9.86. The maximum atomic E-state index is 13.4. The molecule has 0 radical (unpaired) electrons. The van der Waals surface area contributed by atoms with Gasteiger partial charge in [-0.05, 0) is 65.2 Å². The summed E-state index contributed by atoms with van der Waals surface area (Å²) < 4.78 is 17.0. The number of pyridine rings is 1. The molecule has 1 aliphatic rings. The number of para-hydroxylation sites is 1. The van der Waals surface area contributed by atoms with Gasteiger partial charge < -0.3 is 19.4 Å². The second-order valence-corrected chi connectivity index (χ2v) is 8.41. The summed E-state index contributed by atoms with van der Waals surface area (Å²) in [5.41, 5.74) is 4.82. The minimum Gasteiger partial charge on any atom is -0.711 e. The van der Waals surface area contributed by atoms with Crippen LogP contribution in [0, 0.1) is 5.21 Å². The van der Waals surface area contributed by atoms with Crippen molar-refractivity contribution in [2.75, 3.05) is 14.2 Å². The molecule has 0 N–H and O–H groups in total. The van der Waals surface area contributed by atoms with Crippen LogP contribution in [0.25, 0.3) is 22.6 Å². The second-order valence-electron chi connectivity index (χ2n) is 8.41. The Balaban J connectivity index is 1.57. The van der Waals surface area contributed by atoms with Gasteiger partial charge in [-0.25, -0.2) is 14.5 Å². The van der Waals surface area contributed by atoms with Crippen LogP contribution in [0.3, 0.4) is 0 Å². The lowest BCUT2D eigenvalue weighted by Gasteiger charge is -2.22. The number of rotatable bonds is 6. The highest BCUT2D eigenvalue weighted by Gasteiger charge is 2.26. The highest BCUT2D eigenvalue weighted by Crippen LogP contribution is 2.37. The minimum absolute atomic E-state index is 0.118. The first kappa shape index (κ1) is 23.3. The predicted octanol–water partition coefficient (Wildman–Crippen LogP) is 4.51. The van der Waals surface area contributed by atoms with Gasteiger partial charge in [0.2, 0.25) is 0 Å². The van der Waals surface area contributed by atoms with Crippen LogP contribution < -0.4 is 14.2 Å². The Bertz CT molecular complexity index is 1480. The van der Waals surface area contributed by atoms with Gasteiger partial charge in [0.1, 0.15) is 6.20 Å². The summed E-state index contributed by atoms with van der Waals surface area (Å²) in [4.78, 5) is 22.4. The molecule has 2 heterocycles. The number of esters is 1. The van der Waals surface area contributed by atoms with Gasteiger partial charge in [-0.2, -0.15) is 0 Å². The fourth-order valence-electron chi connectivity index (χ4n) is 4.54. The van der Waals surface area contributed by atoms with Crippen molar-refractivity contribution < 1.29 is 23.7 Å². The van der Waals surface area contributed by atoms with Crippen LogP contribution in [0.2, 0.25) is 0 Å². The zero-order valence-corrected chi connectivity index (χ0v) is 20.1. The number of carbonyl (C=O) groups excluding carboxylic acids is 1.